The molecule has 4 nitrogen and oxygen atoms in total. The van der Waals surface area contributed by atoms with Gasteiger partial charge in [-0.1, -0.05) is 17.7 Å². The number of hydrogen-bond donors (Lipinski definition) is 1. The van der Waals surface area contributed by atoms with E-state index >= 15 is 0 Å². The van der Waals surface area contributed by atoms with Gasteiger partial charge < -0.3 is 10.2 Å². The van der Waals surface area contributed by atoms with Crippen LogP contribution in [0.25, 0.3) is 0 Å². The maximum absolute atomic E-state index is 12.2. The van der Waals surface area contributed by atoms with Gasteiger partial charge in [-0.3, -0.25) is 4.79 Å². The Balaban J connectivity index is 2.25. The van der Waals surface area contributed by atoms with Gasteiger partial charge in [0.1, 0.15) is 5.82 Å². The Bertz CT molecular complexity index is 599. The number of carbonyl (C=O) groups is 1. The number of anilines is 2. The molecule has 0 aliphatic rings. The zero-order valence-corrected chi connectivity index (χ0v) is 11.5. The summed E-state index contributed by atoms with van der Waals surface area (Å²) in [6.45, 7) is 0. The highest BCUT2D eigenvalue weighted by Crippen LogP contribution is 2.19. The molecule has 0 fully saturated rings. The van der Waals surface area contributed by atoms with Gasteiger partial charge in [-0.05, 0) is 30.3 Å². The third-order valence-electron chi connectivity index (χ3n) is 2.54. The minimum atomic E-state index is -0.209. The molecule has 1 heterocycles. The average molecular weight is 276 g/mol. The number of benzene rings is 1. The van der Waals surface area contributed by atoms with Crippen LogP contribution in [0.4, 0.5) is 11.5 Å². The van der Waals surface area contributed by atoms with Gasteiger partial charge in [0, 0.05) is 31.0 Å². The molecule has 0 bridgehead atoms. The van der Waals surface area contributed by atoms with Gasteiger partial charge in [0.05, 0.1) is 5.56 Å². The van der Waals surface area contributed by atoms with Crippen LogP contribution in [0.2, 0.25) is 5.02 Å². The number of rotatable bonds is 3. The fourth-order valence-corrected chi connectivity index (χ4v) is 1.89. The Morgan fingerprint density at radius 3 is 2.74 bits per heavy atom. The van der Waals surface area contributed by atoms with Crippen LogP contribution in [0.1, 0.15) is 10.4 Å². The van der Waals surface area contributed by atoms with E-state index in [9.17, 15) is 4.79 Å². The normalized spacial score (nSPS) is 10.1. The maximum Gasteiger partial charge on any atom is 0.259 e. The van der Waals surface area contributed by atoms with Crippen LogP contribution in [0, 0.1) is 0 Å². The van der Waals surface area contributed by atoms with E-state index in [-0.39, 0.29) is 5.91 Å². The molecule has 98 valence electrons. The van der Waals surface area contributed by atoms with Crippen molar-refractivity contribution in [2.75, 3.05) is 24.3 Å². The van der Waals surface area contributed by atoms with E-state index in [4.69, 9.17) is 11.6 Å². The number of carbonyl (C=O) groups excluding carboxylic acids is 1. The zero-order chi connectivity index (χ0) is 13.8. The zero-order valence-electron chi connectivity index (χ0n) is 10.7. The molecule has 0 aliphatic carbocycles. The molecule has 5 heteroatoms. The molecule has 2 aromatic rings. The molecule has 19 heavy (non-hydrogen) atoms. The summed E-state index contributed by atoms with van der Waals surface area (Å²) in [5.41, 5.74) is 1.18. The van der Waals surface area contributed by atoms with Crippen molar-refractivity contribution in [3.63, 3.8) is 0 Å². The largest absolute Gasteiger partial charge is 0.362 e. The van der Waals surface area contributed by atoms with E-state index in [0.717, 1.165) is 0 Å². The van der Waals surface area contributed by atoms with Gasteiger partial charge in [-0.2, -0.15) is 0 Å². The highest BCUT2D eigenvalue weighted by atomic mass is 35.5. The van der Waals surface area contributed by atoms with Crippen LogP contribution >= 0.6 is 11.6 Å². The lowest BCUT2D eigenvalue weighted by molar-refractivity contribution is 0.102. The molecule has 1 N–H and O–H groups in total. The Labute approximate surface area is 117 Å². The second kappa shape index (κ2) is 5.71. The summed E-state index contributed by atoms with van der Waals surface area (Å²) in [6, 6.07) is 10.5. The lowest BCUT2D eigenvalue weighted by atomic mass is 10.2. The first-order valence-electron chi connectivity index (χ1n) is 5.77. The molecular formula is C14H14ClN3O. The fraction of sp³-hybridized carbons (Fsp3) is 0.143. The Kier molecular flexibility index (Phi) is 4.02. The molecule has 0 saturated carbocycles. The summed E-state index contributed by atoms with van der Waals surface area (Å²) in [7, 11) is 3.69. The van der Waals surface area contributed by atoms with Crippen LogP contribution in [-0.4, -0.2) is 25.0 Å². The van der Waals surface area contributed by atoms with Crippen molar-refractivity contribution < 1.29 is 4.79 Å². The Hall–Kier alpha value is -2.07. The first kappa shape index (κ1) is 13.4. The summed E-state index contributed by atoms with van der Waals surface area (Å²) in [6.07, 6.45) is 1.66. The maximum atomic E-state index is 12.2. The molecule has 0 aliphatic heterocycles. The Morgan fingerprint density at radius 2 is 2.05 bits per heavy atom. The molecule has 1 aromatic carbocycles. The van der Waals surface area contributed by atoms with E-state index < -0.39 is 0 Å². The van der Waals surface area contributed by atoms with Gasteiger partial charge in [-0.15, -0.1) is 0 Å². The van der Waals surface area contributed by atoms with Gasteiger partial charge >= 0.3 is 0 Å². The minimum absolute atomic E-state index is 0.209. The summed E-state index contributed by atoms with van der Waals surface area (Å²) in [5.74, 6) is 0.418. The summed E-state index contributed by atoms with van der Waals surface area (Å²) in [5, 5.41) is 3.38. The fourth-order valence-electron chi connectivity index (χ4n) is 1.70. The number of nitrogens with zero attached hydrogens (tertiary/aromatic N) is 2. The molecule has 2 rings (SSSR count). The van der Waals surface area contributed by atoms with Crippen LogP contribution in [0.15, 0.2) is 42.6 Å². The first-order valence-corrected chi connectivity index (χ1v) is 6.15. The van der Waals surface area contributed by atoms with Crippen molar-refractivity contribution in [2.45, 2.75) is 0 Å². The van der Waals surface area contributed by atoms with Crippen LogP contribution in [-0.2, 0) is 0 Å². The highest BCUT2D eigenvalue weighted by molar-refractivity contribution is 6.31. The highest BCUT2D eigenvalue weighted by Gasteiger charge is 2.13. The molecule has 1 aromatic heterocycles. The number of nitrogens with one attached hydrogen (secondary N) is 1. The molecule has 1 amide bonds. The first-order chi connectivity index (χ1) is 9.08. The van der Waals surface area contributed by atoms with Crippen molar-refractivity contribution in [3.8, 4) is 0 Å². The van der Waals surface area contributed by atoms with Crippen molar-refractivity contribution in [2.24, 2.45) is 0 Å². The van der Waals surface area contributed by atoms with Gasteiger partial charge in [0.15, 0.2) is 0 Å². The van der Waals surface area contributed by atoms with E-state index in [1.807, 2.05) is 14.1 Å². The van der Waals surface area contributed by atoms with Crippen molar-refractivity contribution >= 4 is 29.0 Å². The number of halogens is 1. The van der Waals surface area contributed by atoms with E-state index in [2.05, 4.69) is 10.3 Å². The average Bonchev–Trinajstić information content (AvgIpc) is 2.38. The number of pyridine rings is 1. The summed E-state index contributed by atoms with van der Waals surface area (Å²) < 4.78 is 0. The molecule has 0 radical (unpaired) electrons. The third kappa shape index (κ3) is 3.23. The number of amides is 1. The number of hydrogen-bond acceptors (Lipinski definition) is 3. The monoisotopic (exact) mass is 275 g/mol. The molecule has 0 spiro atoms. The lowest BCUT2D eigenvalue weighted by Crippen LogP contribution is -2.19. The summed E-state index contributed by atoms with van der Waals surface area (Å²) in [4.78, 5) is 18.2. The predicted octanol–water partition coefficient (Wildman–Crippen LogP) is 3.05. The summed E-state index contributed by atoms with van der Waals surface area (Å²) >= 11 is 5.88. The SMILES string of the molecule is CN(C)c1ncccc1C(=O)Nc1cccc(Cl)c1. The predicted molar refractivity (Wildman–Crippen MR) is 78.0 cm³/mol. The van der Waals surface area contributed by atoms with Crippen LogP contribution < -0.4 is 10.2 Å². The number of aromatic nitrogens is 1. The van der Waals surface area contributed by atoms with E-state index in [1.54, 1.807) is 47.5 Å². The van der Waals surface area contributed by atoms with Crippen molar-refractivity contribution in [3.05, 3.63) is 53.2 Å². The minimum Gasteiger partial charge on any atom is -0.362 e. The molecule has 0 unspecified atom stereocenters. The van der Waals surface area contributed by atoms with Gasteiger partial charge in [0.25, 0.3) is 5.91 Å². The van der Waals surface area contributed by atoms with Gasteiger partial charge in [-0.25, -0.2) is 4.98 Å². The second-order valence-electron chi connectivity index (χ2n) is 4.23. The third-order valence-corrected chi connectivity index (χ3v) is 2.77. The van der Waals surface area contributed by atoms with Crippen molar-refractivity contribution in [1.29, 1.82) is 0 Å². The smallest absolute Gasteiger partial charge is 0.259 e. The molecule has 0 saturated heterocycles. The second-order valence-corrected chi connectivity index (χ2v) is 4.67. The topological polar surface area (TPSA) is 45.2 Å². The van der Waals surface area contributed by atoms with Crippen LogP contribution in [0.3, 0.4) is 0 Å². The van der Waals surface area contributed by atoms with Crippen molar-refractivity contribution in [1.82, 2.24) is 4.98 Å². The molecule has 0 atom stereocenters. The van der Waals surface area contributed by atoms with E-state index in [0.29, 0.717) is 22.1 Å². The van der Waals surface area contributed by atoms with Crippen LogP contribution in [0.5, 0.6) is 0 Å². The quantitative estimate of drug-likeness (QED) is 0.936. The van der Waals surface area contributed by atoms with Gasteiger partial charge in [0.2, 0.25) is 0 Å². The van der Waals surface area contributed by atoms with E-state index in [1.165, 1.54) is 0 Å². The standard InChI is InChI=1S/C14H14ClN3O/c1-18(2)13-12(7-4-8-16-13)14(19)17-11-6-3-5-10(15)9-11/h3-9H,1-2H3,(H,17,19). The Morgan fingerprint density at radius 1 is 1.26 bits per heavy atom. The molecular weight excluding hydrogens is 262 g/mol. The lowest BCUT2D eigenvalue weighted by Gasteiger charge is -2.15.